The minimum Gasteiger partial charge on any atom is -0.298 e. The molecule has 1 nitrogen and oxygen atoms in total. The van der Waals surface area contributed by atoms with Crippen LogP contribution in [0.3, 0.4) is 0 Å². The largest absolute Gasteiger partial charge is 0.298 e. The number of fused-ring (bicyclic) bond motifs is 2. The second-order valence-electron chi connectivity index (χ2n) is 5.57. The van der Waals surface area contributed by atoms with E-state index in [1.807, 2.05) is 0 Å². The van der Waals surface area contributed by atoms with E-state index in [4.69, 9.17) is 0 Å². The predicted octanol–water partition coefficient (Wildman–Crippen LogP) is 2.65. The van der Waals surface area contributed by atoms with Gasteiger partial charge in [0.15, 0.2) is 0 Å². The highest BCUT2D eigenvalue weighted by Gasteiger charge is 2.60. The van der Waals surface area contributed by atoms with Gasteiger partial charge in [0.2, 0.25) is 0 Å². The van der Waals surface area contributed by atoms with Gasteiger partial charge in [-0.05, 0) is 24.7 Å². The van der Waals surface area contributed by atoms with Crippen molar-refractivity contribution in [1.82, 2.24) is 0 Å². The molecular formula is C11H18O. The van der Waals surface area contributed by atoms with Crippen molar-refractivity contribution in [2.24, 2.45) is 22.7 Å². The molecule has 0 aliphatic heterocycles. The summed E-state index contributed by atoms with van der Waals surface area (Å²) in [6.45, 7) is 8.61. The van der Waals surface area contributed by atoms with Gasteiger partial charge in [-0.3, -0.25) is 4.79 Å². The van der Waals surface area contributed by atoms with Crippen LogP contribution in [0.2, 0.25) is 0 Å². The van der Waals surface area contributed by atoms with Crippen LogP contribution < -0.4 is 0 Å². The lowest BCUT2D eigenvalue weighted by Crippen LogP contribution is -2.59. The molecule has 68 valence electrons. The van der Waals surface area contributed by atoms with Crippen molar-refractivity contribution in [3.63, 3.8) is 0 Å². The van der Waals surface area contributed by atoms with Crippen LogP contribution in [-0.4, -0.2) is 5.78 Å². The van der Waals surface area contributed by atoms with Crippen LogP contribution in [-0.2, 0) is 4.79 Å². The van der Waals surface area contributed by atoms with Gasteiger partial charge in [-0.15, -0.1) is 0 Å². The van der Waals surface area contributed by atoms with Crippen molar-refractivity contribution in [1.29, 1.82) is 0 Å². The summed E-state index contributed by atoms with van der Waals surface area (Å²) in [5.41, 5.74) is -0.00338. The van der Waals surface area contributed by atoms with Gasteiger partial charge in [0, 0.05) is 10.8 Å². The first-order chi connectivity index (χ1) is 5.38. The Bertz CT molecular complexity index is 233. The zero-order valence-corrected chi connectivity index (χ0v) is 8.48. The predicted molar refractivity (Wildman–Crippen MR) is 48.8 cm³/mol. The molecule has 1 atom stereocenters. The molecule has 3 saturated carbocycles. The first-order valence-electron chi connectivity index (χ1n) is 4.93. The van der Waals surface area contributed by atoms with E-state index in [0.29, 0.717) is 11.7 Å². The minimum atomic E-state index is -0.0596. The summed E-state index contributed by atoms with van der Waals surface area (Å²) in [4.78, 5) is 12.0. The van der Waals surface area contributed by atoms with Gasteiger partial charge in [-0.1, -0.05) is 27.7 Å². The van der Waals surface area contributed by atoms with Crippen LogP contribution >= 0.6 is 0 Å². The molecule has 0 amide bonds. The molecule has 3 fully saturated rings. The van der Waals surface area contributed by atoms with Gasteiger partial charge in [0.1, 0.15) is 5.78 Å². The number of carbonyl (C=O) groups excluding carboxylic acids is 1. The molecule has 1 unspecified atom stereocenters. The maximum absolute atomic E-state index is 12.0. The summed E-state index contributed by atoms with van der Waals surface area (Å²) >= 11 is 0. The summed E-state index contributed by atoms with van der Waals surface area (Å²) in [6.07, 6.45) is 2.30. The molecule has 3 aliphatic carbocycles. The Kier molecular flexibility index (Phi) is 1.34. The summed E-state index contributed by atoms with van der Waals surface area (Å²) in [6, 6.07) is 0. The standard InChI is InChI=1S/C11H18O/c1-7-8-5-11(4,6-8)9(12)10(7,2)3/h7-8H,5-6H2,1-4H3. The van der Waals surface area contributed by atoms with Gasteiger partial charge >= 0.3 is 0 Å². The van der Waals surface area contributed by atoms with Crippen LogP contribution in [0.4, 0.5) is 0 Å². The molecule has 0 spiro atoms. The lowest BCUT2D eigenvalue weighted by atomic mass is 9.44. The highest BCUT2D eigenvalue weighted by atomic mass is 16.1. The molecule has 2 bridgehead atoms. The van der Waals surface area contributed by atoms with Gasteiger partial charge < -0.3 is 0 Å². The number of ketones is 1. The van der Waals surface area contributed by atoms with Crippen LogP contribution in [0.15, 0.2) is 0 Å². The minimum absolute atomic E-state index is 0.0562. The highest BCUT2D eigenvalue weighted by Crippen LogP contribution is 2.61. The van der Waals surface area contributed by atoms with E-state index < -0.39 is 0 Å². The van der Waals surface area contributed by atoms with E-state index in [9.17, 15) is 4.79 Å². The summed E-state index contributed by atoms with van der Waals surface area (Å²) in [7, 11) is 0. The molecule has 3 aliphatic rings. The second kappa shape index (κ2) is 1.94. The Balaban J connectivity index is 2.35. The average Bonchev–Trinajstić information content (AvgIpc) is 1.92. The summed E-state index contributed by atoms with van der Waals surface area (Å²) < 4.78 is 0. The topological polar surface area (TPSA) is 17.1 Å². The first kappa shape index (κ1) is 8.28. The third-order valence-corrected chi connectivity index (χ3v) is 4.40. The number of hydrogen-bond acceptors (Lipinski definition) is 1. The normalized spacial score (nSPS) is 50.2. The third kappa shape index (κ3) is 0.725. The SMILES string of the molecule is CC1C2CC(C)(C2)C(=O)C1(C)C. The van der Waals surface area contributed by atoms with Crippen LogP contribution in [0.1, 0.15) is 40.5 Å². The Morgan fingerprint density at radius 2 is 1.75 bits per heavy atom. The molecule has 1 heteroatoms. The molecule has 12 heavy (non-hydrogen) atoms. The van der Waals surface area contributed by atoms with E-state index >= 15 is 0 Å². The second-order valence-corrected chi connectivity index (χ2v) is 5.57. The molecule has 0 aromatic heterocycles. The molecule has 0 aromatic rings. The zero-order chi connectivity index (χ0) is 9.15. The van der Waals surface area contributed by atoms with Gasteiger partial charge in [-0.2, -0.15) is 0 Å². The fourth-order valence-electron chi connectivity index (χ4n) is 3.21. The molecule has 0 aromatic carbocycles. The van der Waals surface area contributed by atoms with Crippen LogP contribution in [0, 0.1) is 22.7 Å². The van der Waals surface area contributed by atoms with Crippen molar-refractivity contribution in [3.05, 3.63) is 0 Å². The van der Waals surface area contributed by atoms with E-state index in [1.165, 1.54) is 0 Å². The Labute approximate surface area is 74.5 Å². The summed E-state index contributed by atoms with van der Waals surface area (Å²) in [5.74, 6) is 1.92. The fraction of sp³-hybridized carbons (Fsp3) is 0.909. The molecule has 0 N–H and O–H groups in total. The lowest BCUT2D eigenvalue weighted by molar-refractivity contribution is -0.166. The smallest absolute Gasteiger partial charge is 0.144 e. The number of hydrogen-bond donors (Lipinski definition) is 0. The average molecular weight is 166 g/mol. The fourth-order valence-corrected chi connectivity index (χ4v) is 3.21. The van der Waals surface area contributed by atoms with Crippen molar-refractivity contribution >= 4 is 5.78 Å². The highest BCUT2D eigenvalue weighted by molar-refractivity contribution is 5.92. The molecular weight excluding hydrogens is 148 g/mol. The van der Waals surface area contributed by atoms with Crippen molar-refractivity contribution < 1.29 is 4.79 Å². The molecule has 3 rings (SSSR count). The number of rotatable bonds is 0. The van der Waals surface area contributed by atoms with E-state index in [1.54, 1.807) is 0 Å². The summed E-state index contributed by atoms with van der Waals surface area (Å²) in [5, 5.41) is 0. The number of Topliss-reactive ketones (excluding diaryl/α,β-unsaturated/α-hetero) is 1. The quantitative estimate of drug-likeness (QED) is 0.540. The molecule has 0 heterocycles. The lowest BCUT2D eigenvalue weighted by Gasteiger charge is -2.59. The van der Waals surface area contributed by atoms with Crippen molar-refractivity contribution in [2.75, 3.05) is 0 Å². The maximum atomic E-state index is 12.0. The molecule has 0 radical (unpaired) electrons. The van der Waals surface area contributed by atoms with E-state index in [2.05, 4.69) is 27.7 Å². The maximum Gasteiger partial charge on any atom is 0.144 e. The Morgan fingerprint density at radius 1 is 1.25 bits per heavy atom. The Hall–Kier alpha value is -0.330. The first-order valence-corrected chi connectivity index (χ1v) is 4.93. The van der Waals surface area contributed by atoms with Crippen LogP contribution in [0.25, 0.3) is 0 Å². The van der Waals surface area contributed by atoms with Crippen molar-refractivity contribution in [3.8, 4) is 0 Å². The van der Waals surface area contributed by atoms with E-state index in [0.717, 1.165) is 18.8 Å². The van der Waals surface area contributed by atoms with E-state index in [-0.39, 0.29) is 10.8 Å². The van der Waals surface area contributed by atoms with Gasteiger partial charge in [-0.25, -0.2) is 0 Å². The molecule has 0 saturated heterocycles. The van der Waals surface area contributed by atoms with Gasteiger partial charge in [0.25, 0.3) is 0 Å². The van der Waals surface area contributed by atoms with Gasteiger partial charge in [0.05, 0.1) is 0 Å². The zero-order valence-electron chi connectivity index (χ0n) is 8.48. The third-order valence-electron chi connectivity index (χ3n) is 4.40. The number of carbonyl (C=O) groups is 1. The van der Waals surface area contributed by atoms with Crippen LogP contribution in [0.5, 0.6) is 0 Å². The monoisotopic (exact) mass is 166 g/mol. The van der Waals surface area contributed by atoms with Crippen molar-refractivity contribution in [2.45, 2.75) is 40.5 Å². The Morgan fingerprint density at radius 3 is 2.17 bits per heavy atom.